The van der Waals surface area contributed by atoms with Crippen molar-refractivity contribution < 1.29 is 5.11 Å². The third-order valence-electron chi connectivity index (χ3n) is 3.86. The van der Waals surface area contributed by atoms with Crippen LogP contribution in [0.2, 0.25) is 0 Å². The first-order valence-electron chi connectivity index (χ1n) is 7.26. The molecule has 0 amide bonds. The number of aromatic nitrogens is 1. The molecule has 0 aliphatic carbocycles. The Labute approximate surface area is 137 Å². The van der Waals surface area contributed by atoms with Crippen LogP contribution in [-0.4, -0.2) is 10.1 Å². The van der Waals surface area contributed by atoms with Crippen molar-refractivity contribution in [2.45, 2.75) is 20.3 Å². The van der Waals surface area contributed by atoms with Gasteiger partial charge in [0.15, 0.2) is 0 Å². The van der Waals surface area contributed by atoms with Gasteiger partial charge in [-0.15, -0.1) is 12.4 Å². The Kier molecular flexibility index (Phi) is 4.94. The lowest BCUT2D eigenvalue weighted by Gasteiger charge is -2.04. The molecule has 0 aliphatic rings. The topological polar surface area (TPSA) is 36.0 Å². The number of nitrogens with one attached hydrogen (secondary N) is 1. The zero-order valence-electron chi connectivity index (χ0n) is 12.8. The predicted octanol–water partition coefficient (Wildman–Crippen LogP) is 5.35. The fraction of sp³-hybridized carbons (Fsp3) is 0.158. The highest BCUT2D eigenvalue weighted by molar-refractivity contribution is 5.85. The van der Waals surface area contributed by atoms with Crippen LogP contribution >= 0.6 is 12.4 Å². The van der Waals surface area contributed by atoms with E-state index in [1.165, 1.54) is 11.1 Å². The van der Waals surface area contributed by atoms with Crippen molar-refractivity contribution in [1.82, 2.24) is 4.98 Å². The van der Waals surface area contributed by atoms with Crippen LogP contribution in [0.4, 0.5) is 0 Å². The van der Waals surface area contributed by atoms with Crippen molar-refractivity contribution in [2.75, 3.05) is 0 Å². The number of hydrogen-bond acceptors (Lipinski definition) is 1. The van der Waals surface area contributed by atoms with Crippen LogP contribution in [0.1, 0.15) is 18.2 Å². The smallest absolute Gasteiger partial charge is 0.125 e. The first kappa shape index (κ1) is 16.2. The van der Waals surface area contributed by atoms with Crippen LogP contribution in [0, 0.1) is 6.92 Å². The van der Waals surface area contributed by atoms with Gasteiger partial charge >= 0.3 is 0 Å². The molecule has 0 spiro atoms. The first-order chi connectivity index (χ1) is 10.2. The first-order valence-corrected chi connectivity index (χ1v) is 7.26. The number of aryl methyl sites for hydroxylation is 2. The van der Waals surface area contributed by atoms with Crippen LogP contribution in [0.15, 0.2) is 54.6 Å². The second-order valence-corrected chi connectivity index (χ2v) is 5.29. The second-order valence-electron chi connectivity index (χ2n) is 5.29. The molecule has 3 aromatic rings. The lowest BCUT2D eigenvalue weighted by atomic mass is 10.0. The van der Waals surface area contributed by atoms with E-state index >= 15 is 0 Å². The van der Waals surface area contributed by atoms with Gasteiger partial charge < -0.3 is 10.1 Å². The Bertz CT molecular complexity index is 762. The molecular formula is C19H20ClNO. The van der Waals surface area contributed by atoms with Crippen molar-refractivity contribution in [1.29, 1.82) is 0 Å². The molecule has 1 aromatic heterocycles. The average Bonchev–Trinajstić information content (AvgIpc) is 2.89. The van der Waals surface area contributed by atoms with Gasteiger partial charge in [0.2, 0.25) is 0 Å². The lowest BCUT2D eigenvalue weighted by molar-refractivity contribution is 0.476. The third-order valence-corrected chi connectivity index (χ3v) is 3.86. The largest absolute Gasteiger partial charge is 0.507 e. The molecule has 0 unspecified atom stereocenters. The van der Waals surface area contributed by atoms with Gasteiger partial charge in [0.25, 0.3) is 0 Å². The minimum Gasteiger partial charge on any atom is -0.507 e. The molecule has 0 saturated heterocycles. The van der Waals surface area contributed by atoms with Crippen molar-refractivity contribution in [2.24, 2.45) is 0 Å². The number of H-pyrrole nitrogens is 1. The normalized spacial score (nSPS) is 10.3. The van der Waals surface area contributed by atoms with Crippen LogP contribution in [0.5, 0.6) is 5.75 Å². The Morgan fingerprint density at radius 2 is 1.68 bits per heavy atom. The Morgan fingerprint density at radius 1 is 0.955 bits per heavy atom. The van der Waals surface area contributed by atoms with Gasteiger partial charge in [-0.3, -0.25) is 0 Å². The maximum Gasteiger partial charge on any atom is 0.125 e. The van der Waals surface area contributed by atoms with E-state index in [2.05, 4.69) is 43.1 Å². The van der Waals surface area contributed by atoms with E-state index in [1.54, 1.807) is 0 Å². The molecular weight excluding hydrogens is 294 g/mol. The highest BCUT2D eigenvalue weighted by Crippen LogP contribution is 2.34. The molecule has 3 heteroatoms. The molecule has 0 saturated carbocycles. The van der Waals surface area contributed by atoms with Crippen LogP contribution in [0.25, 0.3) is 22.4 Å². The van der Waals surface area contributed by atoms with Crippen LogP contribution in [-0.2, 0) is 6.42 Å². The molecule has 2 nitrogen and oxygen atoms in total. The summed E-state index contributed by atoms with van der Waals surface area (Å²) in [5.74, 6) is 0.329. The van der Waals surface area contributed by atoms with Gasteiger partial charge in [-0.1, -0.05) is 43.3 Å². The molecule has 0 bridgehead atoms. The SMILES string of the molecule is CCc1ccc(-c2cc(-c3ccccc3)c(C)[nH]2)c(O)c1.Cl. The fourth-order valence-electron chi connectivity index (χ4n) is 2.65. The molecule has 2 N–H and O–H groups in total. The zero-order chi connectivity index (χ0) is 14.8. The molecule has 22 heavy (non-hydrogen) atoms. The van der Waals surface area contributed by atoms with Crippen LogP contribution < -0.4 is 0 Å². The molecule has 0 fully saturated rings. The molecule has 114 valence electrons. The number of benzene rings is 2. The second kappa shape index (κ2) is 6.71. The molecule has 0 radical (unpaired) electrons. The van der Waals surface area contributed by atoms with Gasteiger partial charge in [0, 0.05) is 22.5 Å². The quantitative estimate of drug-likeness (QED) is 0.672. The number of rotatable bonds is 3. The average molecular weight is 314 g/mol. The summed E-state index contributed by atoms with van der Waals surface area (Å²) in [6.45, 7) is 4.14. The number of aromatic amines is 1. The van der Waals surface area contributed by atoms with E-state index in [9.17, 15) is 5.11 Å². The molecule has 0 aliphatic heterocycles. The lowest BCUT2D eigenvalue weighted by Crippen LogP contribution is -1.83. The summed E-state index contributed by atoms with van der Waals surface area (Å²) in [7, 11) is 0. The summed E-state index contributed by atoms with van der Waals surface area (Å²) in [5.41, 5.74) is 6.40. The van der Waals surface area contributed by atoms with E-state index in [-0.39, 0.29) is 12.4 Å². The predicted molar refractivity (Wildman–Crippen MR) is 94.7 cm³/mol. The zero-order valence-corrected chi connectivity index (χ0v) is 13.6. The van der Waals surface area contributed by atoms with Crippen molar-refractivity contribution in [3.8, 4) is 28.1 Å². The van der Waals surface area contributed by atoms with Gasteiger partial charge in [0.05, 0.1) is 0 Å². The summed E-state index contributed by atoms with van der Waals surface area (Å²) in [6.07, 6.45) is 0.923. The maximum absolute atomic E-state index is 10.2. The van der Waals surface area contributed by atoms with Crippen molar-refractivity contribution >= 4 is 12.4 Å². The summed E-state index contributed by atoms with van der Waals surface area (Å²) >= 11 is 0. The van der Waals surface area contributed by atoms with Gasteiger partial charge in [-0.25, -0.2) is 0 Å². The van der Waals surface area contributed by atoms with E-state index in [1.807, 2.05) is 30.3 Å². The standard InChI is InChI=1S/C19H19NO.ClH/c1-3-14-9-10-16(19(21)11-14)18-12-17(13(2)20-18)15-7-5-4-6-8-15;/h4-12,20-21H,3H2,1-2H3;1H. The Balaban J connectivity index is 0.00000176. The Morgan fingerprint density at radius 3 is 2.32 bits per heavy atom. The number of halogens is 1. The summed E-state index contributed by atoms with van der Waals surface area (Å²) in [5, 5.41) is 10.2. The van der Waals surface area contributed by atoms with Crippen molar-refractivity contribution in [3.05, 3.63) is 65.9 Å². The summed E-state index contributed by atoms with van der Waals surface area (Å²) < 4.78 is 0. The molecule has 0 atom stereocenters. The van der Waals surface area contributed by atoms with Crippen LogP contribution in [0.3, 0.4) is 0 Å². The summed E-state index contributed by atoms with van der Waals surface area (Å²) in [4.78, 5) is 3.38. The minimum absolute atomic E-state index is 0. The van der Waals surface area contributed by atoms with E-state index in [0.29, 0.717) is 5.75 Å². The summed E-state index contributed by atoms with van der Waals surface area (Å²) in [6, 6.07) is 18.3. The van der Waals surface area contributed by atoms with E-state index < -0.39 is 0 Å². The third kappa shape index (κ3) is 3.02. The van der Waals surface area contributed by atoms with Gasteiger partial charge in [-0.05, 0) is 42.7 Å². The molecule has 2 aromatic carbocycles. The van der Waals surface area contributed by atoms with E-state index in [4.69, 9.17) is 0 Å². The molecule has 1 heterocycles. The number of phenols is 1. The monoisotopic (exact) mass is 313 g/mol. The highest BCUT2D eigenvalue weighted by atomic mass is 35.5. The Hall–Kier alpha value is -2.19. The number of phenolic OH excluding ortho intramolecular Hbond substituents is 1. The molecule has 3 rings (SSSR count). The maximum atomic E-state index is 10.2. The van der Waals surface area contributed by atoms with Gasteiger partial charge in [0.1, 0.15) is 5.75 Å². The minimum atomic E-state index is 0. The van der Waals surface area contributed by atoms with Crippen molar-refractivity contribution in [3.63, 3.8) is 0 Å². The number of hydrogen-bond donors (Lipinski definition) is 2. The fourth-order valence-corrected chi connectivity index (χ4v) is 2.65. The number of aromatic hydroxyl groups is 1. The van der Waals surface area contributed by atoms with E-state index in [0.717, 1.165) is 28.9 Å². The van der Waals surface area contributed by atoms with Gasteiger partial charge in [-0.2, -0.15) is 0 Å². The highest BCUT2D eigenvalue weighted by Gasteiger charge is 2.11.